The van der Waals surface area contributed by atoms with Gasteiger partial charge in [-0.05, 0) is 73.6 Å². The van der Waals surface area contributed by atoms with Gasteiger partial charge in [-0.3, -0.25) is 9.55 Å². The molecule has 282 valence electrons. The van der Waals surface area contributed by atoms with Gasteiger partial charge >= 0.3 is 0 Å². The van der Waals surface area contributed by atoms with Gasteiger partial charge in [-0.2, -0.15) is 0 Å². The maximum absolute atomic E-state index is 5.50. The first kappa shape index (κ1) is 35.0. The van der Waals surface area contributed by atoms with Crippen LogP contribution in [0, 0.1) is 0 Å². The van der Waals surface area contributed by atoms with E-state index < -0.39 is 0 Å². The van der Waals surface area contributed by atoms with Crippen LogP contribution in [0.4, 0.5) is 0 Å². The lowest BCUT2D eigenvalue weighted by Gasteiger charge is -2.22. The molecule has 1 aliphatic rings. The van der Waals surface area contributed by atoms with Crippen molar-refractivity contribution in [1.82, 2.24) is 19.5 Å². The summed E-state index contributed by atoms with van der Waals surface area (Å²) in [5, 5.41) is 9.23. The fourth-order valence-electron chi connectivity index (χ4n) is 9.49. The van der Waals surface area contributed by atoms with Gasteiger partial charge < -0.3 is 0 Å². The van der Waals surface area contributed by atoms with Crippen molar-refractivity contribution in [2.75, 3.05) is 0 Å². The number of pyridine rings is 1. The highest BCUT2D eigenvalue weighted by Crippen LogP contribution is 2.52. The number of fused-ring (bicyclic) bond motifs is 12. The Morgan fingerprint density at radius 3 is 2.02 bits per heavy atom. The quantitative estimate of drug-likeness (QED) is 0.169. The van der Waals surface area contributed by atoms with Crippen LogP contribution < -0.4 is 0 Å². The summed E-state index contributed by atoms with van der Waals surface area (Å²) in [4.78, 5) is 15.8. The number of benzene rings is 8. The molecular weight excluding hydrogens is 717 g/mol. The van der Waals surface area contributed by atoms with Gasteiger partial charge in [-0.1, -0.05) is 174 Å². The van der Waals surface area contributed by atoms with E-state index >= 15 is 0 Å². The van der Waals surface area contributed by atoms with Gasteiger partial charge in [0.15, 0.2) is 0 Å². The average Bonchev–Trinajstić information content (AvgIpc) is 3.73. The van der Waals surface area contributed by atoms with Crippen molar-refractivity contribution in [2.24, 2.45) is 0 Å². The molecule has 0 radical (unpaired) electrons. The molecule has 11 aromatic rings. The zero-order valence-electron chi connectivity index (χ0n) is 33.7. The van der Waals surface area contributed by atoms with E-state index in [4.69, 9.17) is 15.0 Å². The molecule has 0 bridgehead atoms. The number of nitrogens with zero attached hydrogens (tertiary/aromatic N) is 4. The molecule has 0 saturated heterocycles. The van der Waals surface area contributed by atoms with Gasteiger partial charge in [0.1, 0.15) is 0 Å². The molecule has 0 N–H and O–H groups in total. The first-order valence-corrected chi connectivity index (χ1v) is 20.7. The third kappa shape index (κ3) is 5.33. The minimum atomic E-state index is -0.163. The highest BCUT2D eigenvalue weighted by atomic mass is 15.2. The third-order valence-corrected chi connectivity index (χ3v) is 12.2. The van der Waals surface area contributed by atoms with Gasteiger partial charge in [-0.25, -0.2) is 9.97 Å². The maximum atomic E-state index is 5.50. The van der Waals surface area contributed by atoms with Crippen LogP contribution in [0.2, 0.25) is 0 Å². The highest BCUT2D eigenvalue weighted by molar-refractivity contribution is 6.17. The van der Waals surface area contributed by atoms with E-state index in [1.165, 1.54) is 66.6 Å². The lowest BCUT2D eigenvalue weighted by atomic mass is 9.81. The first-order valence-electron chi connectivity index (χ1n) is 20.7. The van der Waals surface area contributed by atoms with Gasteiger partial charge in [-0.15, -0.1) is 0 Å². The van der Waals surface area contributed by atoms with Gasteiger partial charge in [0, 0.05) is 44.3 Å². The van der Waals surface area contributed by atoms with Crippen LogP contribution >= 0.6 is 0 Å². The van der Waals surface area contributed by atoms with E-state index in [9.17, 15) is 0 Å². The van der Waals surface area contributed by atoms with Gasteiger partial charge in [0.25, 0.3) is 0 Å². The fraction of sp³-hybridized carbons (Fsp3) is 0.109. The lowest BCUT2D eigenvalue weighted by Crippen LogP contribution is -2.15. The summed E-state index contributed by atoms with van der Waals surface area (Å²) in [5.74, 6) is 0.635. The van der Waals surface area contributed by atoms with Crippen LogP contribution in [-0.4, -0.2) is 19.5 Å². The molecule has 0 atom stereocenters. The Morgan fingerprint density at radius 2 is 1.20 bits per heavy atom. The summed E-state index contributed by atoms with van der Waals surface area (Å²) < 4.78 is 2.31. The largest absolute Gasteiger partial charge is 0.277 e. The summed E-state index contributed by atoms with van der Waals surface area (Å²) in [7, 11) is 0. The number of rotatable bonds is 3. The summed E-state index contributed by atoms with van der Waals surface area (Å²) in [6.45, 7) is 8.99. The van der Waals surface area contributed by atoms with Crippen molar-refractivity contribution in [2.45, 2.75) is 39.5 Å². The minimum Gasteiger partial charge on any atom is -0.277 e. The highest BCUT2D eigenvalue weighted by Gasteiger charge is 2.37. The van der Waals surface area contributed by atoms with Crippen molar-refractivity contribution in [1.29, 1.82) is 0 Å². The summed E-state index contributed by atoms with van der Waals surface area (Å²) >= 11 is 0. The molecule has 4 nitrogen and oxygen atoms in total. The second-order valence-electron chi connectivity index (χ2n) is 16.3. The number of hydrogen-bond acceptors (Lipinski definition) is 3. The predicted octanol–water partition coefficient (Wildman–Crippen LogP) is 14.6. The Labute approximate surface area is 343 Å². The Kier molecular flexibility index (Phi) is 7.99. The van der Waals surface area contributed by atoms with E-state index in [1.54, 1.807) is 0 Å². The summed E-state index contributed by atoms with van der Waals surface area (Å²) in [6, 6.07) is 59.2. The maximum Gasteiger partial charge on any atom is 0.235 e. The zero-order valence-corrected chi connectivity index (χ0v) is 33.7. The lowest BCUT2D eigenvalue weighted by molar-refractivity contribution is 0.661. The van der Waals surface area contributed by atoms with Crippen LogP contribution in [0.3, 0.4) is 0 Å². The molecule has 0 aliphatic heterocycles. The molecule has 1 aliphatic carbocycles. The van der Waals surface area contributed by atoms with Crippen LogP contribution in [0.1, 0.15) is 45.2 Å². The Bertz CT molecular complexity index is 3470. The Balaban J connectivity index is 0.00000129. The van der Waals surface area contributed by atoms with E-state index in [0.29, 0.717) is 5.95 Å². The number of para-hydroxylation sites is 2. The smallest absolute Gasteiger partial charge is 0.235 e. The summed E-state index contributed by atoms with van der Waals surface area (Å²) in [5.41, 5.74) is 13.4. The molecule has 3 aromatic heterocycles. The standard InChI is InChI=1S/C52H34N4.C3H8/c1-52(2)43-26-24-31-13-8-9-18-36(31)47(43)39-25-23-35(28-44(39)52)37-20-12-21-38-41-27-33-16-6-7-17-34(33)29-46(41)56(50(37)38)51-54-48(32-14-4-3-5-15-32)42-30-53-45-22-11-10-19-40(45)49(42)55-51;1-3-2/h3-30H,1-2H3;3H2,1-2H3. The van der Waals surface area contributed by atoms with E-state index in [1.807, 2.05) is 18.3 Å². The van der Waals surface area contributed by atoms with Crippen molar-refractivity contribution in [3.8, 4) is 39.5 Å². The monoisotopic (exact) mass is 758 g/mol. The molecule has 3 heterocycles. The van der Waals surface area contributed by atoms with E-state index in [2.05, 4.69) is 184 Å². The second-order valence-corrected chi connectivity index (χ2v) is 16.3. The zero-order chi connectivity index (χ0) is 39.8. The number of aromatic nitrogens is 4. The Hall–Kier alpha value is -7.17. The van der Waals surface area contributed by atoms with Crippen LogP contribution in [0.5, 0.6) is 0 Å². The minimum absolute atomic E-state index is 0.163. The number of hydrogen-bond donors (Lipinski definition) is 0. The second kappa shape index (κ2) is 13.5. The molecule has 0 spiro atoms. The van der Waals surface area contributed by atoms with Crippen molar-refractivity contribution in [3.05, 3.63) is 181 Å². The normalized spacial score (nSPS) is 12.9. The van der Waals surface area contributed by atoms with Gasteiger partial charge in [0.05, 0.1) is 27.8 Å². The summed E-state index contributed by atoms with van der Waals surface area (Å²) in [6.07, 6.45) is 3.18. The molecule has 0 saturated carbocycles. The fourth-order valence-corrected chi connectivity index (χ4v) is 9.49. The molecule has 8 aromatic carbocycles. The van der Waals surface area contributed by atoms with Crippen molar-refractivity contribution >= 4 is 65.2 Å². The first-order chi connectivity index (χ1) is 28.9. The SMILES string of the molecule is CC1(C)c2cc(-c3cccc4c5cc6ccccc6cc5n(-c5nc(-c6ccccc6)c6cnc7ccccc7c6n5)c34)ccc2-c2c1ccc1ccccc21.CCC. The topological polar surface area (TPSA) is 43.6 Å². The van der Waals surface area contributed by atoms with Crippen molar-refractivity contribution < 1.29 is 0 Å². The average molecular weight is 759 g/mol. The van der Waals surface area contributed by atoms with Crippen LogP contribution in [-0.2, 0) is 5.41 Å². The molecule has 0 unspecified atom stereocenters. The molecule has 4 heteroatoms. The molecule has 0 fully saturated rings. The van der Waals surface area contributed by atoms with Gasteiger partial charge in [0.2, 0.25) is 5.95 Å². The van der Waals surface area contributed by atoms with E-state index in [-0.39, 0.29) is 5.41 Å². The van der Waals surface area contributed by atoms with Crippen LogP contribution in [0.15, 0.2) is 170 Å². The van der Waals surface area contributed by atoms with Crippen molar-refractivity contribution in [3.63, 3.8) is 0 Å². The van der Waals surface area contributed by atoms with Crippen LogP contribution in [0.25, 0.3) is 105 Å². The van der Waals surface area contributed by atoms with E-state index in [0.717, 1.165) is 49.7 Å². The predicted molar refractivity (Wildman–Crippen MR) is 249 cm³/mol. The molecule has 12 rings (SSSR count). The molecular formula is C55H42N4. The Morgan fingerprint density at radius 1 is 0.508 bits per heavy atom. The molecule has 59 heavy (non-hydrogen) atoms. The third-order valence-electron chi connectivity index (χ3n) is 12.2. The molecule has 0 amide bonds.